The highest BCUT2D eigenvalue weighted by Crippen LogP contribution is 2.32. The summed E-state index contributed by atoms with van der Waals surface area (Å²) < 4.78 is 26.1. The Balaban J connectivity index is 1.96. The molecule has 22 heavy (non-hydrogen) atoms. The van der Waals surface area contributed by atoms with Gasteiger partial charge in [-0.05, 0) is 30.7 Å². The van der Waals surface area contributed by atoms with Crippen LogP contribution in [0, 0.1) is 6.92 Å². The summed E-state index contributed by atoms with van der Waals surface area (Å²) in [5.74, 6) is 0.863. The Labute approximate surface area is 134 Å². The fourth-order valence-electron chi connectivity index (χ4n) is 2.91. The molecule has 0 saturated carbocycles. The van der Waals surface area contributed by atoms with Crippen LogP contribution >= 0.6 is 11.3 Å². The van der Waals surface area contributed by atoms with Crippen LogP contribution in [0.4, 0.5) is 5.82 Å². The van der Waals surface area contributed by atoms with Crippen molar-refractivity contribution >= 4 is 37.4 Å². The molecule has 0 spiro atoms. The predicted molar refractivity (Wildman–Crippen MR) is 90.0 cm³/mol. The Hall–Kier alpha value is -1.25. The maximum atomic E-state index is 12.4. The van der Waals surface area contributed by atoms with Crippen LogP contribution < -0.4 is 4.90 Å². The van der Waals surface area contributed by atoms with Gasteiger partial charge in [-0.15, -0.1) is 11.3 Å². The van der Waals surface area contributed by atoms with Crippen molar-refractivity contribution in [2.75, 3.05) is 32.1 Å². The number of aromatic nitrogens is 2. The lowest BCUT2D eigenvalue weighted by molar-refractivity contribution is 0.478. The molecule has 0 aromatic carbocycles. The molecule has 1 atom stereocenters. The van der Waals surface area contributed by atoms with Crippen molar-refractivity contribution in [2.45, 2.75) is 25.0 Å². The second kappa shape index (κ2) is 5.75. The third-order valence-corrected chi connectivity index (χ3v) is 7.39. The van der Waals surface area contributed by atoms with Crippen molar-refractivity contribution in [1.29, 1.82) is 0 Å². The van der Waals surface area contributed by atoms with Gasteiger partial charge in [0.1, 0.15) is 17.0 Å². The van der Waals surface area contributed by atoms with Crippen LogP contribution in [-0.2, 0) is 10.0 Å². The molecule has 120 valence electrons. The van der Waals surface area contributed by atoms with E-state index in [1.165, 1.54) is 4.31 Å². The molecule has 0 radical (unpaired) electrons. The first-order valence-corrected chi connectivity index (χ1v) is 9.64. The first kappa shape index (κ1) is 15.6. The Morgan fingerprint density at radius 2 is 2.14 bits per heavy atom. The lowest BCUT2D eigenvalue weighted by Gasteiger charge is -2.34. The molecular weight excluding hydrogens is 320 g/mol. The summed E-state index contributed by atoms with van der Waals surface area (Å²) in [4.78, 5) is 11.8. The van der Waals surface area contributed by atoms with Crippen molar-refractivity contribution in [1.82, 2.24) is 14.3 Å². The van der Waals surface area contributed by atoms with Crippen molar-refractivity contribution in [3.8, 4) is 0 Å². The van der Waals surface area contributed by atoms with Gasteiger partial charge in [0.05, 0.1) is 10.6 Å². The second-order valence-corrected chi connectivity index (χ2v) is 9.12. The van der Waals surface area contributed by atoms with Crippen LogP contribution in [0.25, 0.3) is 10.2 Å². The number of piperidine rings is 1. The number of rotatable bonds is 3. The number of thiophene rings is 1. The quantitative estimate of drug-likeness (QED) is 0.853. The molecular formula is C14H20N4O2S2. The highest BCUT2D eigenvalue weighted by Gasteiger charge is 2.33. The molecule has 0 amide bonds. The minimum absolute atomic E-state index is 0.375. The molecule has 3 heterocycles. The van der Waals surface area contributed by atoms with Crippen LogP contribution in [0.15, 0.2) is 11.7 Å². The molecule has 1 aliphatic rings. The van der Waals surface area contributed by atoms with E-state index < -0.39 is 10.0 Å². The molecule has 1 saturated heterocycles. The monoisotopic (exact) mass is 340 g/mol. The summed E-state index contributed by atoms with van der Waals surface area (Å²) in [6.45, 7) is 3.37. The highest BCUT2D eigenvalue weighted by atomic mass is 32.2. The largest absolute Gasteiger partial charge is 0.355 e. The van der Waals surface area contributed by atoms with Gasteiger partial charge in [0.15, 0.2) is 0 Å². The van der Waals surface area contributed by atoms with Crippen LogP contribution in [0.3, 0.4) is 0 Å². The van der Waals surface area contributed by atoms with E-state index in [9.17, 15) is 8.42 Å². The van der Waals surface area contributed by atoms with Gasteiger partial charge in [-0.25, -0.2) is 22.7 Å². The third kappa shape index (κ3) is 2.59. The summed E-state index contributed by atoms with van der Waals surface area (Å²) in [5, 5.41) is 2.75. The van der Waals surface area contributed by atoms with Gasteiger partial charge in [0.25, 0.3) is 0 Å². The number of sulfonamides is 1. The number of hydrogen-bond donors (Lipinski definition) is 0. The number of aryl methyl sites for hydroxylation is 1. The zero-order chi connectivity index (χ0) is 15.9. The van der Waals surface area contributed by atoms with E-state index in [4.69, 9.17) is 0 Å². The van der Waals surface area contributed by atoms with Crippen molar-refractivity contribution in [3.63, 3.8) is 0 Å². The average Bonchev–Trinajstić information content (AvgIpc) is 2.89. The summed E-state index contributed by atoms with van der Waals surface area (Å²) >= 11 is 1.60. The Morgan fingerprint density at radius 1 is 1.36 bits per heavy atom. The Bertz CT molecular complexity index is 785. The first-order valence-electron chi connectivity index (χ1n) is 7.26. The van der Waals surface area contributed by atoms with Crippen LogP contribution in [0.5, 0.6) is 0 Å². The van der Waals surface area contributed by atoms with E-state index in [1.807, 2.05) is 6.92 Å². The van der Waals surface area contributed by atoms with Crippen molar-refractivity contribution in [2.24, 2.45) is 0 Å². The second-order valence-electron chi connectivity index (χ2n) is 5.83. The molecule has 2 aromatic rings. The van der Waals surface area contributed by atoms with E-state index in [0.29, 0.717) is 13.0 Å². The van der Waals surface area contributed by atoms with Gasteiger partial charge in [-0.3, -0.25) is 0 Å². The van der Waals surface area contributed by atoms with E-state index in [0.717, 1.165) is 34.6 Å². The summed E-state index contributed by atoms with van der Waals surface area (Å²) in [5.41, 5.74) is 1.15. The number of nitrogens with zero attached hydrogens (tertiary/aromatic N) is 4. The van der Waals surface area contributed by atoms with Gasteiger partial charge in [-0.2, -0.15) is 0 Å². The lowest BCUT2D eigenvalue weighted by atomic mass is 10.1. The minimum Gasteiger partial charge on any atom is -0.355 e. The minimum atomic E-state index is -3.24. The molecule has 1 fully saturated rings. The number of hydrogen-bond acceptors (Lipinski definition) is 6. The molecule has 8 heteroatoms. The first-order chi connectivity index (χ1) is 10.4. The SMILES string of the molecule is Cc1csc2ncnc(N3CCC[C@H](S(=O)(=O)N(C)C)C3)c12. The topological polar surface area (TPSA) is 66.4 Å². The van der Waals surface area contributed by atoms with Crippen molar-refractivity contribution < 1.29 is 8.42 Å². The maximum Gasteiger partial charge on any atom is 0.218 e. The van der Waals surface area contributed by atoms with Gasteiger partial charge in [-0.1, -0.05) is 0 Å². The smallest absolute Gasteiger partial charge is 0.218 e. The van der Waals surface area contributed by atoms with E-state index in [-0.39, 0.29) is 5.25 Å². The van der Waals surface area contributed by atoms with E-state index in [1.54, 1.807) is 31.8 Å². The molecule has 0 N–H and O–H groups in total. The summed E-state index contributed by atoms with van der Waals surface area (Å²) in [6.07, 6.45) is 3.12. The molecule has 0 unspecified atom stereocenters. The van der Waals surface area contributed by atoms with Gasteiger partial charge >= 0.3 is 0 Å². The highest BCUT2D eigenvalue weighted by molar-refractivity contribution is 7.89. The molecule has 0 bridgehead atoms. The van der Waals surface area contributed by atoms with E-state index in [2.05, 4.69) is 20.2 Å². The molecule has 6 nitrogen and oxygen atoms in total. The fourth-order valence-corrected chi connectivity index (χ4v) is 5.22. The van der Waals surface area contributed by atoms with Gasteiger partial charge in [0, 0.05) is 27.2 Å². The van der Waals surface area contributed by atoms with E-state index >= 15 is 0 Å². The zero-order valence-corrected chi connectivity index (χ0v) is 14.6. The Kier molecular flexibility index (Phi) is 4.09. The number of anilines is 1. The molecule has 1 aliphatic heterocycles. The summed E-state index contributed by atoms with van der Waals surface area (Å²) in [7, 11) is -0.0452. The molecule has 2 aromatic heterocycles. The average molecular weight is 340 g/mol. The molecule has 3 rings (SSSR count). The fraction of sp³-hybridized carbons (Fsp3) is 0.571. The lowest BCUT2D eigenvalue weighted by Crippen LogP contribution is -2.46. The standard InChI is InChI=1S/C14H20N4O2S2/c1-10-8-21-14-12(10)13(15-9-16-14)18-6-4-5-11(7-18)22(19,20)17(2)3/h8-9,11H,4-7H2,1-3H3/t11-/m0/s1. The third-order valence-electron chi connectivity index (χ3n) is 4.14. The van der Waals surface area contributed by atoms with Crippen LogP contribution in [-0.4, -0.2) is 55.1 Å². The maximum absolute atomic E-state index is 12.4. The Morgan fingerprint density at radius 3 is 2.86 bits per heavy atom. The van der Waals surface area contributed by atoms with Crippen LogP contribution in [0.1, 0.15) is 18.4 Å². The predicted octanol–water partition coefficient (Wildman–Crippen LogP) is 1.86. The zero-order valence-electron chi connectivity index (χ0n) is 13.0. The van der Waals surface area contributed by atoms with Crippen LogP contribution in [0.2, 0.25) is 0 Å². The van der Waals surface area contributed by atoms with Gasteiger partial charge < -0.3 is 4.90 Å². The van der Waals surface area contributed by atoms with Gasteiger partial charge in [0.2, 0.25) is 10.0 Å². The molecule has 0 aliphatic carbocycles. The normalized spacial score (nSPS) is 20.0. The summed E-state index contributed by atoms with van der Waals surface area (Å²) in [6, 6.07) is 0. The number of fused-ring (bicyclic) bond motifs is 1. The van der Waals surface area contributed by atoms with Crippen molar-refractivity contribution in [3.05, 3.63) is 17.3 Å².